The van der Waals surface area contributed by atoms with Crippen molar-refractivity contribution in [2.24, 2.45) is 0 Å². The SMILES string of the molecule is CC.CC.CC.CC.CC.CC.CC.CC.CC.CC.CC.CC.CC.CC.CC.CC.CCCCCC.CCCCOCC.CCNC(=O)c1ccccc1C(=O)NCC.CCOC(=O)c1ccccc1C(=O)OCC. The van der Waals surface area contributed by atoms with Crippen molar-refractivity contribution in [3.63, 3.8) is 0 Å². The van der Waals surface area contributed by atoms with Crippen molar-refractivity contribution in [1.82, 2.24) is 10.6 Å². The zero-order valence-electron chi connectivity index (χ0n) is 61.0. The molecule has 2 aromatic rings. The molecule has 2 N–H and O–H groups in total. The summed E-state index contributed by atoms with van der Waals surface area (Å²) in [6.07, 6.45) is 7.97. The third-order valence-corrected chi connectivity index (χ3v) is 5.81. The van der Waals surface area contributed by atoms with Gasteiger partial charge in [0.2, 0.25) is 0 Å². The Balaban J connectivity index is -0.0000000330. The van der Waals surface area contributed by atoms with Gasteiger partial charge in [-0.3, -0.25) is 9.59 Å². The summed E-state index contributed by atoms with van der Waals surface area (Å²) in [7, 11) is 0. The highest BCUT2D eigenvalue weighted by atomic mass is 16.5. The van der Waals surface area contributed by atoms with Crippen molar-refractivity contribution in [2.45, 2.75) is 315 Å². The minimum Gasteiger partial charge on any atom is -0.462 e. The maximum atomic E-state index is 11.7. The van der Waals surface area contributed by atoms with Crippen LogP contribution in [0.2, 0.25) is 0 Å². The molecular weight excluding hydrogens is 957 g/mol. The standard InChI is InChI=1S/C12H16N2O2.C12H14O4.C6H14O.C6H14.16C2H6/c1-3-13-11(15)9-7-5-6-8-10(9)12(16)14-4-2;1-3-15-11(13)9-7-5-6-8-10(9)12(14)16-4-2;1-3-5-6-7-4-2;1-3-5-6-4-2;16*1-2/h5-8H,3-4H2,1-2H3,(H,13,15)(H,14,16);5-8H,3-4H2,1-2H3;3-6H2,1-2H3;3-6H2,1-2H3;16*1-2H3. The Labute approximate surface area is 491 Å². The Morgan fingerprint density at radius 1 is 0.312 bits per heavy atom. The normalized spacial score (nSPS) is 6.81. The second kappa shape index (κ2) is 179. The van der Waals surface area contributed by atoms with Crippen LogP contribution in [0.25, 0.3) is 0 Å². The zero-order chi connectivity index (χ0) is 66.3. The molecule has 0 aliphatic carbocycles. The number of esters is 2. The van der Waals surface area contributed by atoms with Crippen LogP contribution in [0, 0.1) is 0 Å². The van der Waals surface area contributed by atoms with Crippen molar-refractivity contribution in [1.29, 1.82) is 0 Å². The topological polar surface area (TPSA) is 120 Å². The van der Waals surface area contributed by atoms with Crippen LogP contribution in [0.5, 0.6) is 0 Å². The average Bonchev–Trinajstić information content (AvgIpc) is 3.55. The Morgan fingerprint density at radius 2 is 0.519 bits per heavy atom. The lowest BCUT2D eigenvalue weighted by Crippen LogP contribution is -2.29. The summed E-state index contributed by atoms with van der Waals surface area (Å²) in [6, 6.07) is 13.2. The highest BCUT2D eigenvalue weighted by Gasteiger charge is 2.18. The molecule has 478 valence electrons. The molecule has 77 heavy (non-hydrogen) atoms. The molecule has 0 heterocycles. The lowest BCUT2D eigenvalue weighted by atomic mass is 10.1. The van der Waals surface area contributed by atoms with E-state index in [0.29, 0.717) is 24.2 Å². The van der Waals surface area contributed by atoms with Gasteiger partial charge in [0.15, 0.2) is 0 Å². The molecule has 0 aliphatic rings. The molecule has 2 rings (SSSR count). The van der Waals surface area contributed by atoms with Crippen LogP contribution in [0.3, 0.4) is 0 Å². The number of carbonyl (C=O) groups is 4. The predicted octanol–water partition coefficient (Wildman–Crippen LogP) is 24.1. The maximum Gasteiger partial charge on any atom is 0.338 e. The highest BCUT2D eigenvalue weighted by Crippen LogP contribution is 2.12. The van der Waals surface area contributed by atoms with E-state index in [4.69, 9.17) is 14.2 Å². The van der Waals surface area contributed by atoms with Crippen LogP contribution >= 0.6 is 0 Å². The van der Waals surface area contributed by atoms with E-state index >= 15 is 0 Å². The van der Waals surface area contributed by atoms with Crippen molar-refractivity contribution >= 4 is 23.8 Å². The largest absolute Gasteiger partial charge is 0.462 e. The molecule has 2 amide bonds. The first kappa shape index (κ1) is 125. The van der Waals surface area contributed by atoms with Gasteiger partial charge in [0, 0.05) is 26.3 Å². The number of carbonyl (C=O) groups excluding carboxylic acids is 4. The number of amides is 2. The average molecular weight is 1110 g/mol. The van der Waals surface area contributed by atoms with Crippen LogP contribution in [0.4, 0.5) is 0 Å². The minimum absolute atomic E-state index is 0.218. The Bertz CT molecular complexity index is 923. The molecule has 0 unspecified atom stereocenters. The van der Waals surface area contributed by atoms with Gasteiger partial charge in [0.1, 0.15) is 0 Å². The number of unbranched alkanes of at least 4 members (excludes halogenated alkanes) is 4. The summed E-state index contributed by atoms with van der Waals surface area (Å²) in [5, 5.41) is 5.36. The number of hydrogen-bond acceptors (Lipinski definition) is 7. The van der Waals surface area contributed by atoms with Gasteiger partial charge >= 0.3 is 11.9 Å². The molecule has 0 fully saturated rings. The molecule has 0 saturated carbocycles. The van der Waals surface area contributed by atoms with Crippen LogP contribution in [0.1, 0.15) is 357 Å². The van der Waals surface area contributed by atoms with Gasteiger partial charge in [0.25, 0.3) is 11.8 Å². The Morgan fingerprint density at radius 3 is 0.688 bits per heavy atom. The first-order valence-electron chi connectivity index (χ1n) is 32.4. The van der Waals surface area contributed by atoms with Crippen LogP contribution in [-0.4, -0.2) is 63.3 Å². The van der Waals surface area contributed by atoms with E-state index in [9.17, 15) is 19.2 Å². The van der Waals surface area contributed by atoms with Crippen molar-refractivity contribution in [3.8, 4) is 0 Å². The summed E-state index contributed by atoms with van der Waals surface area (Å²) in [6.45, 7) is 83.2. The summed E-state index contributed by atoms with van der Waals surface area (Å²) in [4.78, 5) is 46.5. The lowest BCUT2D eigenvalue weighted by Gasteiger charge is -2.08. The van der Waals surface area contributed by atoms with Crippen LogP contribution < -0.4 is 10.6 Å². The summed E-state index contributed by atoms with van der Waals surface area (Å²) in [5.41, 5.74) is 1.30. The van der Waals surface area contributed by atoms with Crippen LogP contribution in [-0.2, 0) is 14.2 Å². The van der Waals surface area contributed by atoms with Gasteiger partial charge in [0.05, 0.1) is 35.5 Å². The Kier molecular flexibility index (Phi) is 291. The first-order chi connectivity index (χ1) is 37.7. The number of rotatable bonds is 15. The quantitative estimate of drug-likeness (QED) is 0.135. The van der Waals surface area contributed by atoms with Crippen molar-refractivity contribution < 1.29 is 33.4 Å². The maximum absolute atomic E-state index is 11.7. The lowest BCUT2D eigenvalue weighted by molar-refractivity contribution is 0.0479. The van der Waals surface area contributed by atoms with E-state index in [2.05, 4.69) is 31.4 Å². The second-order valence-corrected chi connectivity index (χ2v) is 9.51. The van der Waals surface area contributed by atoms with Crippen molar-refractivity contribution in [3.05, 3.63) is 70.8 Å². The molecule has 9 nitrogen and oxygen atoms in total. The zero-order valence-corrected chi connectivity index (χ0v) is 61.0. The third-order valence-electron chi connectivity index (χ3n) is 5.81. The fourth-order valence-corrected chi connectivity index (χ4v) is 3.54. The number of nitrogens with one attached hydrogen (secondary N) is 2. The highest BCUT2D eigenvalue weighted by molar-refractivity contribution is 6.07. The fourth-order valence-electron chi connectivity index (χ4n) is 3.54. The van der Waals surface area contributed by atoms with Gasteiger partial charge in [-0.05, 0) is 65.3 Å². The van der Waals surface area contributed by atoms with Gasteiger partial charge < -0.3 is 24.8 Å². The molecule has 0 saturated heterocycles. The number of hydrogen-bond donors (Lipinski definition) is 2. The van der Waals surface area contributed by atoms with E-state index in [1.165, 1.54) is 38.5 Å². The summed E-state index contributed by atoms with van der Waals surface area (Å²) < 4.78 is 14.8. The Hall–Kier alpha value is -3.72. The smallest absolute Gasteiger partial charge is 0.338 e. The van der Waals surface area contributed by atoms with E-state index in [1.807, 2.05) is 242 Å². The number of benzene rings is 2. The van der Waals surface area contributed by atoms with Gasteiger partial charge in [-0.2, -0.15) is 0 Å². The molecule has 2 aromatic carbocycles. The molecule has 0 aliphatic heterocycles. The molecule has 0 radical (unpaired) electrons. The van der Waals surface area contributed by atoms with Gasteiger partial charge in [-0.1, -0.05) is 299 Å². The van der Waals surface area contributed by atoms with E-state index in [1.54, 1.807) is 62.4 Å². The molecular formula is C68H154N2O7. The molecule has 0 bridgehead atoms. The molecule has 0 spiro atoms. The monoisotopic (exact) mass is 1110 g/mol. The van der Waals surface area contributed by atoms with Gasteiger partial charge in [-0.15, -0.1) is 0 Å². The minimum atomic E-state index is -0.508. The number of ether oxygens (including phenoxy) is 3. The van der Waals surface area contributed by atoms with E-state index < -0.39 is 11.9 Å². The molecule has 0 atom stereocenters. The third kappa shape index (κ3) is 126. The fraction of sp³-hybridized carbons (Fsp3) is 0.765. The summed E-state index contributed by atoms with van der Waals surface area (Å²) >= 11 is 0. The van der Waals surface area contributed by atoms with Crippen LogP contribution in [0.15, 0.2) is 48.5 Å². The van der Waals surface area contributed by atoms with Gasteiger partial charge in [-0.25, -0.2) is 9.59 Å². The van der Waals surface area contributed by atoms with Crippen molar-refractivity contribution in [2.75, 3.05) is 39.5 Å². The van der Waals surface area contributed by atoms with E-state index in [0.717, 1.165) is 13.2 Å². The first-order valence-corrected chi connectivity index (χ1v) is 32.4. The summed E-state index contributed by atoms with van der Waals surface area (Å²) in [5.74, 6) is -1.45. The second-order valence-electron chi connectivity index (χ2n) is 9.51. The molecule has 9 heteroatoms. The predicted molar refractivity (Wildman–Crippen MR) is 364 cm³/mol. The van der Waals surface area contributed by atoms with E-state index in [-0.39, 0.29) is 36.2 Å². The molecule has 0 aromatic heterocycles.